The number of aliphatic carboxylic acids is 1. The van der Waals surface area contributed by atoms with Crippen LogP contribution in [-0.2, 0) is 4.79 Å². The van der Waals surface area contributed by atoms with Gasteiger partial charge in [-0.05, 0) is 24.5 Å². The number of amides is 1. The van der Waals surface area contributed by atoms with E-state index in [0.717, 1.165) is 0 Å². The molecule has 0 aromatic heterocycles. The molecule has 1 aliphatic rings. The monoisotopic (exact) mass is 277 g/mol. The zero-order valence-corrected chi connectivity index (χ0v) is 11.7. The first-order valence-corrected chi connectivity index (χ1v) is 6.71. The van der Waals surface area contributed by atoms with Gasteiger partial charge in [-0.1, -0.05) is 32.0 Å². The minimum Gasteiger partial charge on any atom is -0.481 e. The van der Waals surface area contributed by atoms with E-state index in [1.54, 1.807) is 24.3 Å². The third-order valence-electron chi connectivity index (χ3n) is 4.04. The van der Waals surface area contributed by atoms with Gasteiger partial charge >= 0.3 is 12.1 Å². The maximum Gasteiger partial charge on any atom is 0.415 e. The number of rotatable bonds is 3. The predicted octanol–water partition coefficient (Wildman–Crippen LogP) is 2.62. The lowest BCUT2D eigenvalue weighted by Crippen LogP contribution is -2.41. The smallest absolute Gasteiger partial charge is 0.415 e. The van der Waals surface area contributed by atoms with Crippen molar-refractivity contribution in [3.63, 3.8) is 0 Å². The molecule has 1 aromatic rings. The van der Waals surface area contributed by atoms with Gasteiger partial charge in [0.15, 0.2) is 0 Å². The number of carboxylic acid groups (broad SMARTS) is 1. The van der Waals surface area contributed by atoms with E-state index in [-0.39, 0.29) is 12.5 Å². The van der Waals surface area contributed by atoms with Gasteiger partial charge in [0.25, 0.3) is 0 Å². The number of benzene rings is 1. The molecular formula is C15H19NO4. The van der Waals surface area contributed by atoms with Crippen LogP contribution in [0.3, 0.4) is 0 Å². The summed E-state index contributed by atoms with van der Waals surface area (Å²) < 4.78 is 5.25. The van der Waals surface area contributed by atoms with Gasteiger partial charge in [-0.2, -0.15) is 0 Å². The Labute approximate surface area is 118 Å². The number of nitrogens with zero attached hydrogens (tertiary/aromatic N) is 1. The lowest BCUT2D eigenvalue weighted by atomic mass is 9.76. The molecule has 0 aliphatic carbocycles. The third-order valence-corrected chi connectivity index (χ3v) is 4.04. The molecule has 0 spiro atoms. The molecule has 5 nitrogen and oxygen atoms in total. The average molecular weight is 277 g/mol. The number of carboxylic acids is 1. The molecule has 2 rings (SSSR count). The van der Waals surface area contributed by atoms with Crippen LogP contribution in [0.2, 0.25) is 0 Å². The molecule has 1 aliphatic heterocycles. The van der Waals surface area contributed by atoms with E-state index in [1.165, 1.54) is 4.90 Å². The van der Waals surface area contributed by atoms with Crippen molar-refractivity contribution in [2.45, 2.75) is 20.3 Å². The van der Waals surface area contributed by atoms with E-state index >= 15 is 0 Å². The van der Waals surface area contributed by atoms with Gasteiger partial charge in [-0.15, -0.1) is 0 Å². The van der Waals surface area contributed by atoms with Crippen LogP contribution in [0.15, 0.2) is 30.3 Å². The van der Waals surface area contributed by atoms with Crippen molar-refractivity contribution in [1.29, 1.82) is 0 Å². The molecule has 1 unspecified atom stereocenters. The highest BCUT2D eigenvalue weighted by Crippen LogP contribution is 2.38. The molecule has 20 heavy (non-hydrogen) atoms. The molecule has 1 atom stereocenters. The van der Waals surface area contributed by atoms with Gasteiger partial charge in [0.1, 0.15) is 5.75 Å². The fraction of sp³-hybridized carbons (Fsp3) is 0.467. The maximum atomic E-state index is 12.1. The van der Waals surface area contributed by atoms with Crippen molar-refractivity contribution >= 4 is 12.1 Å². The minimum atomic E-state index is -0.865. The van der Waals surface area contributed by atoms with Gasteiger partial charge in [0, 0.05) is 13.1 Å². The summed E-state index contributed by atoms with van der Waals surface area (Å²) >= 11 is 0. The van der Waals surface area contributed by atoms with Crippen LogP contribution < -0.4 is 4.74 Å². The number of ether oxygens (including phenoxy) is 1. The van der Waals surface area contributed by atoms with E-state index in [2.05, 4.69) is 0 Å². The predicted molar refractivity (Wildman–Crippen MR) is 73.6 cm³/mol. The first kappa shape index (κ1) is 14.4. The van der Waals surface area contributed by atoms with Crippen LogP contribution in [0.5, 0.6) is 5.75 Å². The maximum absolute atomic E-state index is 12.1. The van der Waals surface area contributed by atoms with Crippen LogP contribution in [0, 0.1) is 11.3 Å². The molecule has 0 radical (unpaired) electrons. The highest BCUT2D eigenvalue weighted by molar-refractivity contribution is 5.78. The molecular weight excluding hydrogens is 258 g/mol. The van der Waals surface area contributed by atoms with Gasteiger partial charge in [0.2, 0.25) is 0 Å². The summed E-state index contributed by atoms with van der Waals surface area (Å²) in [6.45, 7) is 4.36. The summed E-state index contributed by atoms with van der Waals surface area (Å²) in [7, 11) is 0. The van der Waals surface area contributed by atoms with Crippen molar-refractivity contribution in [3.8, 4) is 5.75 Å². The number of carbonyl (C=O) groups is 2. The van der Waals surface area contributed by atoms with E-state index in [4.69, 9.17) is 4.74 Å². The number of carbonyl (C=O) groups excluding carboxylic acids is 1. The Morgan fingerprint density at radius 3 is 2.45 bits per heavy atom. The van der Waals surface area contributed by atoms with Crippen molar-refractivity contribution in [1.82, 2.24) is 4.90 Å². The molecule has 1 saturated heterocycles. The van der Waals surface area contributed by atoms with E-state index in [1.807, 2.05) is 19.9 Å². The van der Waals surface area contributed by atoms with Crippen LogP contribution in [0.1, 0.15) is 20.3 Å². The van der Waals surface area contributed by atoms with Gasteiger partial charge in [0.05, 0.1) is 5.41 Å². The molecule has 1 fully saturated rings. The van der Waals surface area contributed by atoms with Crippen LogP contribution in [0.25, 0.3) is 0 Å². The molecule has 0 bridgehead atoms. The second kappa shape index (κ2) is 5.53. The lowest BCUT2D eigenvalue weighted by Gasteiger charge is -2.28. The van der Waals surface area contributed by atoms with Crippen LogP contribution in [0.4, 0.5) is 4.79 Å². The normalized spacial score (nSPS) is 22.1. The van der Waals surface area contributed by atoms with Crippen molar-refractivity contribution in [2.24, 2.45) is 11.3 Å². The summed E-state index contributed by atoms with van der Waals surface area (Å²) in [6, 6.07) is 8.79. The first-order valence-electron chi connectivity index (χ1n) is 6.71. The highest BCUT2D eigenvalue weighted by Gasteiger charge is 2.48. The van der Waals surface area contributed by atoms with Gasteiger partial charge in [-0.25, -0.2) is 4.79 Å². The Morgan fingerprint density at radius 1 is 1.30 bits per heavy atom. The van der Waals surface area contributed by atoms with Crippen molar-refractivity contribution < 1.29 is 19.4 Å². The van der Waals surface area contributed by atoms with Gasteiger partial charge < -0.3 is 14.7 Å². The number of likely N-dealkylation sites (tertiary alicyclic amines) is 1. The Morgan fingerprint density at radius 2 is 1.95 bits per heavy atom. The molecule has 1 amide bonds. The van der Waals surface area contributed by atoms with Crippen LogP contribution >= 0.6 is 0 Å². The molecule has 1 aromatic carbocycles. The Hall–Kier alpha value is -2.04. The Kier molecular flexibility index (Phi) is 3.97. The highest BCUT2D eigenvalue weighted by atomic mass is 16.6. The summed E-state index contributed by atoms with van der Waals surface area (Å²) in [6.07, 6.45) is -0.0239. The Balaban J connectivity index is 2.05. The number of hydrogen-bond acceptors (Lipinski definition) is 3. The number of para-hydroxylation sites is 1. The second-order valence-electron chi connectivity index (χ2n) is 5.47. The van der Waals surface area contributed by atoms with E-state index < -0.39 is 17.5 Å². The van der Waals surface area contributed by atoms with Crippen LogP contribution in [-0.4, -0.2) is 35.2 Å². The number of hydrogen-bond donors (Lipinski definition) is 1. The van der Waals surface area contributed by atoms with Crippen molar-refractivity contribution in [3.05, 3.63) is 30.3 Å². The fourth-order valence-electron chi connectivity index (χ4n) is 2.54. The standard InChI is InChI=1S/C15H19NO4/c1-11(2)15(13(17)18)8-9-16(10-15)14(19)20-12-6-4-3-5-7-12/h3-7,11H,8-10H2,1-2H3,(H,17,18). The quantitative estimate of drug-likeness (QED) is 0.922. The average Bonchev–Trinajstić information content (AvgIpc) is 2.86. The SMILES string of the molecule is CC(C)C1(C(=O)O)CCN(C(=O)Oc2ccccc2)C1. The third kappa shape index (κ3) is 2.61. The first-order chi connectivity index (χ1) is 9.45. The molecule has 5 heteroatoms. The van der Waals surface area contributed by atoms with Crippen molar-refractivity contribution in [2.75, 3.05) is 13.1 Å². The van der Waals surface area contributed by atoms with E-state index in [9.17, 15) is 14.7 Å². The molecule has 108 valence electrons. The summed E-state index contributed by atoms with van der Waals surface area (Å²) in [5.74, 6) is -0.410. The Bertz CT molecular complexity index is 500. The van der Waals surface area contributed by atoms with Gasteiger partial charge in [-0.3, -0.25) is 4.79 Å². The lowest BCUT2D eigenvalue weighted by molar-refractivity contribution is -0.150. The topological polar surface area (TPSA) is 66.8 Å². The zero-order chi connectivity index (χ0) is 14.8. The van der Waals surface area contributed by atoms with E-state index in [0.29, 0.717) is 18.7 Å². The zero-order valence-electron chi connectivity index (χ0n) is 11.7. The molecule has 1 heterocycles. The minimum absolute atomic E-state index is 0.0328. The molecule has 1 N–H and O–H groups in total. The largest absolute Gasteiger partial charge is 0.481 e. The second-order valence-corrected chi connectivity index (χ2v) is 5.47. The summed E-state index contributed by atoms with van der Waals surface area (Å²) in [5.41, 5.74) is -0.865. The summed E-state index contributed by atoms with van der Waals surface area (Å²) in [4.78, 5) is 25.0. The fourth-order valence-corrected chi connectivity index (χ4v) is 2.54. The molecule has 0 saturated carbocycles. The summed E-state index contributed by atoms with van der Waals surface area (Å²) in [5, 5.41) is 9.44.